The van der Waals surface area contributed by atoms with Gasteiger partial charge >= 0.3 is 0 Å². The molecule has 0 amide bonds. The van der Waals surface area contributed by atoms with E-state index in [1.165, 1.54) is 58.2 Å². The Kier molecular flexibility index (Phi) is 4.83. The number of methoxy groups -OCH3 is 1. The summed E-state index contributed by atoms with van der Waals surface area (Å²) in [5, 5.41) is 0. The lowest BCUT2D eigenvalue weighted by atomic mass is 9.84. The Bertz CT molecular complexity index is 218. The van der Waals surface area contributed by atoms with Gasteiger partial charge in [-0.1, -0.05) is 12.8 Å². The molecule has 0 bridgehead atoms. The van der Waals surface area contributed by atoms with Gasteiger partial charge in [0.1, 0.15) is 0 Å². The van der Waals surface area contributed by atoms with Gasteiger partial charge in [0.2, 0.25) is 0 Å². The van der Waals surface area contributed by atoms with Crippen LogP contribution in [0.15, 0.2) is 0 Å². The van der Waals surface area contributed by atoms with Crippen LogP contribution in [0.2, 0.25) is 0 Å². The molecule has 0 radical (unpaired) electrons. The topological polar surface area (TPSA) is 38.5 Å². The van der Waals surface area contributed by atoms with Crippen LogP contribution in [0.3, 0.4) is 0 Å². The van der Waals surface area contributed by atoms with E-state index in [0.29, 0.717) is 5.41 Å². The van der Waals surface area contributed by atoms with Crippen LogP contribution in [0.5, 0.6) is 0 Å². The molecule has 0 atom stereocenters. The van der Waals surface area contributed by atoms with E-state index in [9.17, 15) is 0 Å². The summed E-state index contributed by atoms with van der Waals surface area (Å²) in [5.41, 5.74) is 6.47. The van der Waals surface area contributed by atoms with Gasteiger partial charge in [0, 0.05) is 20.3 Å². The van der Waals surface area contributed by atoms with Crippen molar-refractivity contribution in [2.45, 2.75) is 38.5 Å². The first-order chi connectivity index (χ1) is 8.28. The van der Waals surface area contributed by atoms with Crippen LogP contribution in [0, 0.1) is 11.3 Å². The van der Waals surface area contributed by atoms with Crippen molar-refractivity contribution in [1.82, 2.24) is 4.90 Å². The Labute approximate surface area is 106 Å². The van der Waals surface area contributed by atoms with E-state index in [-0.39, 0.29) is 0 Å². The molecule has 1 aliphatic carbocycles. The minimum absolute atomic E-state index is 0.452. The highest BCUT2D eigenvalue weighted by Gasteiger charge is 2.35. The molecule has 3 heteroatoms. The zero-order chi connectivity index (χ0) is 12.1. The maximum atomic E-state index is 6.01. The molecule has 0 spiro atoms. The van der Waals surface area contributed by atoms with Gasteiger partial charge < -0.3 is 15.4 Å². The van der Waals surface area contributed by atoms with Gasteiger partial charge in [-0.05, 0) is 56.7 Å². The molecular formula is C14H28N2O. The van der Waals surface area contributed by atoms with E-state index in [4.69, 9.17) is 10.5 Å². The highest BCUT2D eigenvalue weighted by atomic mass is 16.5. The number of ether oxygens (including phenoxy) is 1. The van der Waals surface area contributed by atoms with Crippen LogP contribution < -0.4 is 5.73 Å². The summed E-state index contributed by atoms with van der Waals surface area (Å²) in [6.07, 6.45) is 8.07. The minimum atomic E-state index is 0.452. The summed E-state index contributed by atoms with van der Waals surface area (Å²) in [6.45, 7) is 5.55. The summed E-state index contributed by atoms with van der Waals surface area (Å²) < 4.78 is 5.25. The lowest BCUT2D eigenvalue weighted by Crippen LogP contribution is -2.44. The summed E-state index contributed by atoms with van der Waals surface area (Å²) in [4.78, 5) is 2.64. The first-order valence-electron chi connectivity index (χ1n) is 7.19. The fourth-order valence-electron chi connectivity index (χ4n) is 3.57. The normalized spacial score (nSPS) is 26.5. The van der Waals surface area contributed by atoms with Crippen LogP contribution in [-0.4, -0.2) is 44.8 Å². The van der Waals surface area contributed by atoms with Crippen molar-refractivity contribution >= 4 is 0 Å². The second-order valence-corrected chi connectivity index (χ2v) is 6.09. The molecule has 2 rings (SSSR count). The molecule has 100 valence electrons. The van der Waals surface area contributed by atoms with Crippen molar-refractivity contribution in [3.8, 4) is 0 Å². The lowest BCUT2D eigenvalue weighted by Gasteiger charge is -2.38. The van der Waals surface area contributed by atoms with E-state index in [1.54, 1.807) is 0 Å². The number of likely N-dealkylation sites (tertiary alicyclic amines) is 1. The van der Waals surface area contributed by atoms with E-state index in [1.807, 2.05) is 7.11 Å². The van der Waals surface area contributed by atoms with Crippen molar-refractivity contribution in [3.63, 3.8) is 0 Å². The lowest BCUT2D eigenvalue weighted by molar-refractivity contribution is 0.0762. The Balaban J connectivity index is 1.77. The number of hydrogen-bond acceptors (Lipinski definition) is 3. The van der Waals surface area contributed by atoms with Gasteiger partial charge in [0.05, 0.1) is 0 Å². The largest absolute Gasteiger partial charge is 0.384 e. The standard InChI is InChI=1S/C14H28N2O/c1-17-10-13-4-8-16(9-5-13)12-14(11-15)6-2-3-7-14/h13H,2-12,15H2,1H3. The quantitative estimate of drug-likeness (QED) is 0.797. The molecule has 0 aromatic heterocycles. The second kappa shape index (κ2) is 6.17. The van der Waals surface area contributed by atoms with E-state index in [0.717, 1.165) is 19.1 Å². The molecule has 0 aromatic rings. The fraction of sp³-hybridized carbons (Fsp3) is 1.00. The second-order valence-electron chi connectivity index (χ2n) is 6.09. The molecule has 1 aliphatic heterocycles. The maximum absolute atomic E-state index is 6.01. The SMILES string of the molecule is COCC1CCN(CC2(CN)CCCC2)CC1. The van der Waals surface area contributed by atoms with Gasteiger partial charge in [-0.15, -0.1) is 0 Å². The van der Waals surface area contributed by atoms with E-state index < -0.39 is 0 Å². The Morgan fingerprint density at radius 2 is 1.88 bits per heavy atom. The molecule has 0 aromatic carbocycles. The number of nitrogens with zero attached hydrogens (tertiary/aromatic N) is 1. The van der Waals surface area contributed by atoms with Crippen molar-refractivity contribution in [2.75, 3.05) is 39.9 Å². The average Bonchev–Trinajstić information content (AvgIpc) is 2.81. The van der Waals surface area contributed by atoms with Gasteiger partial charge in [-0.3, -0.25) is 0 Å². The predicted molar refractivity (Wildman–Crippen MR) is 71.0 cm³/mol. The van der Waals surface area contributed by atoms with Gasteiger partial charge in [0.25, 0.3) is 0 Å². The van der Waals surface area contributed by atoms with Crippen LogP contribution in [0.4, 0.5) is 0 Å². The van der Waals surface area contributed by atoms with E-state index in [2.05, 4.69) is 4.90 Å². The third kappa shape index (κ3) is 3.43. The molecule has 1 saturated carbocycles. The van der Waals surface area contributed by atoms with Gasteiger partial charge in [-0.2, -0.15) is 0 Å². The minimum Gasteiger partial charge on any atom is -0.384 e. The van der Waals surface area contributed by atoms with E-state index >= 15 is 0 Å². The molecule has 2 aliphatic rings. The molecular weight excluding hydrogens is 212 g/mol. The van der Waals surface area contributed by atoms with Crippen molar-refractivity contribution in [2.24, 2.45) is 17.1 Å². The molecule has 17 heavy (non-hydrogen) atoms. The van der Waals surface area contributed by atoms with Crippen molar-refractivity contribution in [1.29, 1.82) is 0 Å². The van der Waals surface area contributed by atoms with Gasteiger partial charge in [-0.25, -0.2) is 0 Å². The van der Waals surface area contributed by atoms with Crippen LogP contribution in [0.1, 0.15) is 38.5 Å². The fourth-order valence-corrected chi connectivity index (χ4v) is 3.57. The number of hydrogen-bond donors (Lipinski definition) is 1. The third-order valence-corrected chi connectivity index (χ3v) is 4.77. The molecule has 3 nitrogen and oxygen atoms in total. The first-order valence-corrected chi connectivity index (χ1v) is 7.19. The summed E-state index contributed by atoms with van der Waals surface area (Å²) >= 11 is 0. The van der Waals surface area contributed by atoms with Crippen LogP contribution in [0.25, 0.3) is 0 Å². The maximum Gasteiger partial charge on any atom is 0.0491 e. The zero-order valence-electron chi connectivity index (χ0n) is 11.3. The van der Waals surface area contributed by atoms with Crippen LogP contribution >= 0.6 is 0 Å². The summed E-state index contributed by atoms with van der Waals surface area (Å²) in [5.74, 6) is 0.786. The number of nitrogens with two attached hydrogens (primary N) is 1. The van der Waals surface area contributed by atoms with Crippen molar-refractivity contribution in [3.05, 3.63) is 0 Å². The Morgan fingerprint density at radius 3 is 2.41 bits per heavy atom. The number of rotatable bonds is 5. The first kappa shape index (κ1) is 13.3. The molecule has 0 unspecified atom stereocenters. The highest BCUT2D eigenvalue weighted by Crippen LogP contribution is 2.38. The Morgan fingerprint density at radius 1 is 1.24 bits per heavy atom. The van der Waals surface area contributed by atoms with Gasteiger partial charge in [0.15, 0.2) is 0 Å². The van der Waals surface area contributed by atoms with Crippen molar-refractivity contribution < 1.29 is 4.74 Å². The molecule has 2 fully saturated rings. The smallest absolute Gasteiger partial charge is 0.0491 e. The monoisotopic (exact) mass is 240 g/mol. The Hall–Kier alpha value is -0.120. The number of piperidine rings is 1. The summed E-state index contributed by atoms with van der Waals surface area (Å²) in [6, 6.07) is 0. The summed E-state index contributed by atoms with van der Waals surface area (Å²) in [7, 11) is 1.81. The average molecular weight is 240 g/mol. The highest BCUT2D eigenvalue weighted by molar-refractivity contribution is 4.89. The predicted octanol–water partition coefficient (Wildman–Crippen LogP) is 1.86. The zero-order valence-corrected chi connectivity index (χ0v) is 11.3. The molecule has 1 saturated heterocycles. The van der Waals surface area contributed by atoms with Crippen LogP contribution in [-0.2, 0) is 4.74 Å². The molecule has 1 heterocycles. The molecule has 2 N–H and O–H groups in total. The third-order valence-electron chi connectivity index (χ3n) is 4.77.